The first-order chi connectivity index (χ1) is 4.00. The quantitative estimate of drug-likeness (QED) is 0.460. The second-order valence-electron chi connectivity index (χ2n) is 1.84. The first-order valence-corrected chi connectivity index (χ1v) is 4.48. The predicted octanol–water partition coefficient (Wildman–Crippen LogP) is -0.516. The van der Waals surface area contributed by atoms with Gasteiger partial charge in [0.1, 0.15) is 0 Å². The Morgan fingerprint density at radius 3 is 1.56 bits per heavy atom. The Bertz CT molecular complexity index is 135. The van der Waals surface area contributed by atoms with Gasteiger partial charge in [-0.3, -0.25) is 4.55 Å². The Morgan fingerprint density at radius 1 is 1.44 bits per heavy atom. The van der Waals surface area contributed by atoms with Crippen LogP contribution in [0.5, 0.6) is 0 Å². The van der Waals surface area contributed by atoms with Crippen LogP contribution in [0.3, 0.4) is 0 Å². The van der Waals surface area contributed by atoms with Gasteiger partial charge in [-0.25, -0.2) is 0 Å². The van der Waals surface area contributed by atoms with Crippen LogP contribution in [0, 0.1) is 0 Å². The Balaban J connectivity index is 0.000000144. The van der Waals surface area contributed by atoms with Crippen LogP contribution in [0.1, 0.15) is 6.42 Å². The topological polar surface area (TPSA) is 66.4 Å². The number of nitrogens with one attached hydrogen (secondary N) is 1. The molecule has 0 amide bonds. The largest absolute Gasteiger partial charge is 0.317 e. The highest BCUT2D eigenvalue weighted by Gasteiger charge is 1.92. The average Bonchev–Trinajstić information content (AvgIpc) is 1.12. The van der Waals surface area contributed by atoms with Gasteiger partial charge in [0, 0.05) is 0 Å². The third kappa shape index (κ3) is 18.1. The molecular formula is C4H11NO3S. The van der Waals surface area contributed by atoms with Gasteiger partial charge in [-0.05, 0) is 19.5 Å². The predicted molar refractivity (Wildman–Crippen MR) is 35.0 cm³/mol. The molecule has 1 rings (SSSR count). The lowest BCUT2D eigenvalue weighted by molar-refractivity contribution is 0.490. The molecule has 0 spiro atoms. The maximum atomic E-state index is 9.19. The summed E-state index contributed by atoms with van der Waals surface area (Å²) in [7, 11) is -3.67. The molecule has 1 aliphatic rings. The molecule has 1 saturated heterocycles. The summed E-state index contributed by atoms with van der Waals surface area (Å²) in [6.07, 6.45) is 2.10. The maximum Gasteiger partial charge on any atom is 0.261 e. The van der Waals surface area contributed by atoms with Crippen molar-refractivity contribution in [1.29, 1.82) is 0 Å². The Labute approximate surface area is 55.0 Å². The van der Waals surface area contributed by atoms with Crippen molar-refractivity contribution >= 4 is 10.1 Å². The second kappa shape index (κ2) is 3.81. The Hall–Kier alpha value is -0.130. The van der Waals surface area contributed by atoms with Crippen molar-refractivity contribution in [3.63, 3.8) is 0 Å². The van der Waals surface area contributed by atoms with Crippen LogP contribution < -0.4 is 5.32 Å². The molecule has 5 heteroatoms. The van der Waals surface area contributed by atoms with E-state index < -0.39 is 10.1 Å². The van der Waals surface area contributed by atoms with Gasteiger partial charge in [0.05, 0.1) is 6.26 Å². The zero-order valence-corrected chi connectivity index (χ0v) is 6.11. The van der Waals surface area contributed by atoms with Gasteiger partial charge < -0.3 is 5.32 Å². The van der Waals surface area contributed by atoms with Gasteiger partial charge in [-0.1, -0.05) is 0 Å². The molecule has 0 aliphatic carbocycles. The van der Waals surface area contributed by atoms with Gasteiger partial charge in [-0.2, -0.15) is 8.42 Å². The van der Waals surface area contributed by atoms with Gasteiger partial charge in [0.2, 0.25) is 0 Å². The van der Waals surface area contributed by atoms with Crippen molar-refractivity contribution in [2.75, 3.05) is 19.3 Å². The minimum Gasteiger partial charge on any atom is -0.317 e. The molecular weight excluding hydrogens is 142 g/mol. The number of hydrogen-bond acceptors (Lipinski definition) is 3. The molecule has 0 aromatic rings. The lowest BCUT2D eigenvalue weighted by Crippen LogP contribution is -2.29. The molecule has 9 heavy (non-hydrogen) atoms. The molecule has 4 nitrogen and oxygen atoms in total. The van der Waals surface area contributed by atoms with Crippen molar-refractivity contribution in [3.8, 4) is 0 Å². The van der Waals surface area contributed by atoms with E-state index in [1.165, 1.54) is 19.5 Å². The monoisotopic (exact) mass is 153 g/mol. The molecule has 0 bridgehead atoms. The van der Waals surface area contributed by atoms with E-state index in [2.05, 4.69) is 5.32 Å². The molecule has 1 heterocycles. The highest BCUT2D eigenvalue weighted by Crippen LogP contribution is 1.80. The summed E-state index contributed by atoms with van der Waals surface area (Å²) in [5.74, 6) is 0. The van der Waals surface area contributed by atoms with Crippen molar-refractivity contribution in [2.45, 2.75) is 6.42 Å². The summed E-state index contributed by atoms with van der Waals surface area (Å²) >= 11 is 0. The lowest BCUT2D eigenvalue weighted by atomic mass is 10.3. The maximum absolute atomic E-state index is 9.19. The van der Waals surface area contributed by atoms with Gasteiger partial charge in [-0.15, -0.1) is 0 Å². The lowest BCUT2D eigenvalue weighted by Gasteiger charge is -2.09. The molecule has 0 atom stereocenters. The minimum absolute atomic E-state index is 0.715. The number of rotatable bonds is 0. The molecule has 1 aliphatic heterocycles. The van der Waals surface area contributed by atoms with Crippen LogP contribution in [0.15, 0.2) is 0 Å². The van der Waals surface area contributed by atoms with E-state index in [0.717, 1.165) is 0 Å². The fourth-order valence-electron chi connectivity index (χ4n) is 0.177. The van der Waals surface area contributed by atoms with E-state index in [4.69, 9.17) is 4.55 Å². The summed E-state index contributed by atoms with van der Waals surface area (Å²) in [4.78, 5) is 0. The fraction of sp³-hybridized carbons (Fsp3) is 1.00. The summed E-state index contributed by atoms with van der Waals surface area (Å²) in [5.41, 5.74) is 0. The van der Waals surface area contributed by atoms with Crippen LogP contribution in [0.2, 0.25) is 0 Å². The molecule has 0 radical (unpaired) electrons. The van der Waals surface area contributed by atoms with Crippen molar-refractivity contribution in [2.24, 2.45) is 0 Å². The Morgan fingerprint density at radius 2 is 1.56 bits per heavy atom. The van der Waals surface area contributed by atoms with E-state index in [1.54, 1.807) is 0 Å². The smallest absolute Gasteiger partial charge is 0.261 e. The first-order valence-electron chi connectivity index (χ1n) is 2.63. The molecule has 56 valence electrons. The zero-order chi connectivity index (χ0) is 7.33. The number of hydrogen-bond donors (Lipinski definition) is 2. The molecule has 0 unspecified atom stereocenters. The standard InChI is InChI=1S/C3H7N.CH4O3S/c1-2-4-3-1;1-5(2,3)4/h4H,1-3H2;1H3,(H,2,3,4). The van der Waals surface area contributed by atoms with Crippen molar-refractivity contribution < 1.29 is 13.0 Å². The average molecular weight is 153 g/mol. The molecule has 0 aromatic heterocycles. The SMILES string of the molecule is C1CNC1.CS(=O)(=O)O. The van der Waals surface area contributed by atoms with Crippen molar-refractivity contribution in [3.05, 3.63) is 0 Å². The van der Waals surface area contributed by atoms with Crippen LogP contribution in [-0.4, -0.2) is 32.3 Å². The van der Waals surface area contributed by atoms with Gasteiger partial charge in [0.15, 0.2) is 0 Å². The van der Waals surface area contributed by atoms with Gasteiger partial charge in [0.25, 0.3) is 10.1 Å². The summed E-state index contributed by atoms with van der Waals surface area (Å²) < 4.78 is 25.9. The van der Waals surface area contributed by atoms with E-state index in [9.17, 15) is 8.42 Å². The van der Waals surface area contributed by atoms with Crippen LogP contribution in [-0.2, 0) is 10.1 Å². The van der Waals surface area contributed by atoms with Crippen molar-refractivity contribution in [1.82, 2.24) is 5.32 Å². The molecule has 2 N–H and O–H groups in total. The normalized spacial score (nSPS) is 17.1. The highest BCUT2D eigenvalue weighted by atomic mass is 32.2. The second-order valence-corrected chi connectivity index (χ2v) is 3.30. The van der Waals surface area contributed by atoms with Crippen LogP contribution in [0.4, 0.5) is 0 Å². The van der Waals surface area contributed by atoms with Crippen LogP contribution >= 0.6 is 0 Å². The summed E-state index contributed by atoms with van der Waals surface area (Å²) in [6.45, 7) is 2.50. The van der Waals surface area contributed by atoms with E-state index in [-0.39, 0.29) is 0 Å². The van der Waals surface area contributed by atoms with E-state index in [1.807, 2.05) is 0 Å². The van der Waals surface area contributed by atoms with E-state index in [0.29, 0.717) is 6.26 Å². The first kappa shape index (κ1) is 8.87. The Kier molecular flexibility index (Phi) is 3.76. The van der Waals surface area contributed by atoms with E-state index >= 15 is 0 Å². The zero-order valence-electron chi connectivity index (χ0n) is 5.29. The van der Waals surface area contributed by atoms with Crippen LogP contribution in [0.25, 0.3) is 0 Å². The molecule has 0 saturated carbocycles. The third-order valence-corrected chi connectivity index (χ3v) is 0.707. The highest BCUT2D eigenvalue weighted by molar-refractivity contribution is 7.85. The molecule has 1 fully saturated rings. The van der Waals surface area contributed by atoms with Gasteiger partial charge >= 0.3 is 0 Å². The summed E-state index contributed by atoms with van der Waals surface area (Å²) in [5, 5.41) is 3.11. The molecule has 0 aromatic carbocycles. The summed E-state index contributed by atoms with van der Waals surface area (Å²) in [6, 6.07) is 0. The fourth-order valence-corrected chi connectivity index (χ4v) is 0.177. The minimum atomic E-state index is -3.67. The third-order valence-electron chi connectivity index (χ3n) is 0.707.